The number of rotatable bonds is 4. The lowest BCUT2D eigenvalue weighted by molar-refractivity contribution is 0.370. The van der Waals surface area contributed by atoms with Crippen molar-refractivity contribution in [1.82, 2.24) is 0 Å². The lowest BCUT2D eigenvalue weighted by atomic mass is 10.3. The van der Waals surface area contributed by atoms with Crippen LogP contribution in [0.5, 0.6) is 5.75 Å². The van der Waals surface area contributed by atoms with Gasteiger partial charge in [0, 0.05) is 5.02 Å². The maximum atomic E-state index is 11.9. The third-order valence-corrected chi connectivity index (χ3v) is 3.92. The molecule has 0 spiro atoms. The third-order valence-electron chi connectivity index (χ3n) is 2.46. The van der Waals surface area contributed by atoms with E-state index in [0.717, 1.165) is 10.6 Å². The monoisotopic (exact) mass is 304 g/mol. The summed E-state index contributed by atoms with van der Waals surface area (Å²) in [4.78, 5) is 0.729. The largest absolute Gasteiger partial charge is 0.611 e. The van der Waals surface area contributed by atoms with Crippen LogP contribution in [0.4, 0.5) is 0 Å². The molecular formula is C16H13ClO2S. The second-order valence-electron chi connectivity index (χ2n) is 3.90. The number of halogens is 1. The molecule has 1 atom stereocenters. The summed E-state index contributed by atoms with van der Waals surface area (Å²) in [6.07, 6.45) is 0. The molecular weight excluding hydrogens is 292 g/mol. The van der Waals surface area contributed by atoms with E-state index in [4.69, 9.17) is 16.3 Å². The summed E-state index contributed by atoms with van der Waals surface area (Å²) in [6.45, 7) is 0.293. The Balaban J connectivity index is 1.78. The van der Waals surface area contributed by atoms with Crippen molar-refractivity contribution in [2.24, 2.45) is 0 Å². The first kappa shape index (κ1) is 14.8. The van der Waals surface area contributed by atoms with Gasteiger partial charge in [0.2, 0.25) is 0 Å². The van der Waals surface area contributed by atoms with Crippen molar-refractivity contribution in [1.29, 1.82) is 0 Å². The molecule has 0 aliphatic rings. The summed E-state index contributed by atoms with van der Waals surface area (Å²) in [5, 5.41) is 0.632. The minimum atomic E-state index is -1.13. The van der Waals surface area contributed by atoms with Gasteiger partial charge in [0.05, 0.1) is 0 Å². The van der Waals surface area contributed by atoms with E-state index in [-0.39, 0.29) is 0 Å². The summed E-state index contributed by atoms with van der Waals surface area (Å²) in [7, 11) is 0. The predicted octanol–water partition coefficient (Wildman–Crippen LogP) is 3.53. The molecule has 2 rings (SSSR count). The summed E-state index contributed by atoms with van der Waals surface area (Å²) >= 11 is 4.65. The van der Waals surface area contributed by atoms with Crippen molar-refractivity contribution in [3.63, 3.8) is 0 Å². The topological polar surface area (TPSA) is 32.3 Å². The van der Waals surface area contributed by atoms with Gasteiger partial charge in [-0.05, 0) is 53.5 Å². The highest BCUT2D eigenvalue weighted by Crippen LogP contribution is 2.15. The van der Waals surface area contributed by atoms with E-state index in [1.165, 1.54) is 0 Å². The van der Waals surface area contributed by atoms with Crippen LogP contribution in [-0.2, 0) is 11.2 Å². The average molecular weight is 305 g/mol. The van der Waals surface area contributed by atoms with Gasteiger partial charge in [-0.3, -0.25) is 0 Å². The average Bonchev–Trinajstić information content (AvgIpc) is 2.48. The smallest absolute Gasteiger partial charge is 0.171 e. The molecule has 2 aromatic carbocycles. The van der Waals surface area contributed by atoms with Crippen LogP contribution < -0.4 is 4.74 Å². The van der Waals surface area contributed by atoms with Crippen LogP contribution in [0.25, 0.3) is 0 Å². The van der Waals surface area contributed by atoms with E-state index in [1.54, 1.807) is 24.3 Å². The minimum absolute atomic E-state index is 0.291. The number of benzene rings is 2. The Morgan fingerprint density at radius 2 is 1.70 bits per heavy atom. The van der Waals surface area contributed by atoms with Gasteiger partial charge in [0.25, 0.3) is 0 Å². The Labute approximate surface area is 126 Å². The van der Waals surface area contributed by atoms with Gasteiger partial charge in [0.15, 0.2) is 10.6 Å². The molecule has 2 nitrogen and oxygen atoms in total. The zero-order valence-corrected chi connectivity index (χ0v) is 12.3. The van der Waals surface area contributed by atoms with Crippen molar-refractivity contribution in [2.45, 2.75) is 4.90 Å². The number of hydrogen-bond acceptors (Lipinski definition) is 2. The second-order valence-corrected chi connectivity index (χ2v) is 5.79. The second kappa shape index (κ2) is 7.86. The summed E-state index contributed by atoms with van der Waals surface area (Å²) in [5.74, 6) is 6.78. The lowest BCUT2D eigenvalue weighted by Crippen LogP contribution is -2.05. The minimum Gasteiger partial charge on any atom is -0.611 e. The first-order chi connectivity index (χ1) is 9.75. The number of ether oxygens (including phenoxy) is 1. The molecule has 0 bridgehead atoms. The van der Waals surface area contributed by atoms with Crippen molar-refractivity contribution in [2.75, 3.05) is 12.4 Å². The Kier molecular flexibility index (Phi) is 5.82. The highest BCUT2D eigenvalue weighted by atomic mass is 35.5. The van der Waals surface area contributed by atoms with Crippen molar-refractivity contribution in [3.8, 4) is 17.6 Å². The molecule has 1 unspecified atom stereocenters. The molecule has 0 fully saturated rings. The predicted molar refractivity (Wildman–Crippen MR) is 82.4 cm³/mol. The molecule has 0 amide bonds. The van der Waals surface area contributed by atoms with Crippen molar-refractivity contribution < 1.29 is 9.29 Å². The first-order valence-corrected chi connectivity index (χ1v) is 7.73. The van der Waals surface area contributed by atoms with Gasteiger partial charge in [-0.25, -0.2) is 0 Å². The zero-order valence-electron chi connectivity index (χ0n) is 10.7. The zero-order chi connectivity index (χ0) is 14.2. The molecule has 0 radical (unpaired) electrons. The molecule has 0 aliphatic heterocycles. The fourth-order valence-corrected chi connectivity index (χ4v) is 2.44. The van der Waals surface area contributed by atoms with Crippen LogP contribution in [0.1, 0.15) is 0 Å². The van der Waals surface area contributed by atoms with E-state index in [0.29, 0.717) is 17.4 Å². The molecule has 4 heteroatoms. The standard InChI is InChI=1S/C16H13ClO2S/c17-14-8-10-16(11-9-14)20(18)13-5-4-12-19-15-6-2-1-3-7-15/h1-3,6-11H,12-13H2. The van der Waals surface area contributed by atoms with Crippen LogP contribution >= 0.6 is 11.6 Å². The maximum Gasteiger partial charge on any atom is 0.171 e. The van der Waals surface area contributed by atoms with E-state index >= 15 is 0 Å². The first-order valence-electron chi connectivity index (χ1n) is 6.03. The van der Waals surface area contributed by atoms with Crippen LogP contribution in [0, 0.1) is 11.8 Å². The Morgan fingerprint density at radius 1 is 1.00 bits per heavy atom. The van der Waals surface area contributed by atoms with Gasteiger partial charge in [-0.15, -0.1) is 0 Å². The fourth-order valence-electron chi connectivity index (χ4n) is 1.47. The quantitative estimate of drug-likeness (QED) is 0.639. The van der Waals surface area contributed by atoms with Gasteiger partial charge < -0.3 is 9.29 Å². The van der Waals surface area contributed by atoms with Crippen LogP contribution in [0.3, 0.4) is 0 Å². The SMILES string of the molecule is [O-][S+](CC#CCOc1ccccc1)c1ccc(Cl)cc1. The van der Waals surface area contributed by atoms with Crippen LogP contribution in [0.2, 0.25) is 5.02 Å². The number of para-hydroxylation sites is 1. The Bertz CT molecular complexity index is 587. The Morgan fingerprint density at radius 3 is 2.40 bits per heavy atom. The molecule has 20 heavy (non-hydrogen) atoms. The highest BCUT2D eigenvalue weighted by molar-refractivity contribution is 7.91. The molecule has 2 aromatic rings. The number of hydrogen-bond donors (Lipinski definition) is 0. The molecule has 0 aliphatic carbocycles. The Hall–Kier alpha value is -1.60. The lowest BCUT2D eigenvalue weighted by Gasteiger charge is -2.06. The maximum absolute atomic E-state index is 11.9. The molecule has 0 N–H and O–H groups in total. The van der Waals surface area contributed by atoms with Crippen LogP contribution in [-0.4, -0.2) is 16.9 Å². The van der Waals surface area contributed by atoms with E-state index in [1.807, 2.05) is 30.3 Å². The van der Waals surface area contributed by atoms with E-state index < -0.39 is 11.2 Å². The van der Waals surface area contributed by atoms with E-state index in [9.17, 15) is 4.55 Å². The summed E-state index contributed by atoms with van der Waals surface area (Å²) in [6, 6.07) is 16.4. The molecule has 102 valence electrons. The van der Waals surface area contributed by atoms with Crippen molar-refractivity contribution >= 4 is 22.8 Å². The summed E-state index contributed by atoms with van der Waals surface area (Å²) in [5.41, 5.74) is 0. The molecule has 0 aromatic heterocycles. The molecule has 0 saturated heterocycles. The third kappa shape index (κ3) is 4.82. The van der Waals surface area contributed by atoms with Gasteiger partial charge in [0.1, 0.15) is 12.4 Å². The van der Waals surface area contributed by atoms with E-state index in [2.05, 4.69) is 11.8 Å². The highest BCUT2D eigenvalue weighted by Gasteiger charge is 2.07. The van der Waals surface area contributed by atoms with Crippen LogP contribution in [0.15, 0.2) is 59.5 Å². The van der Waals surface area contributed by atoms with Gasteiger partial charge in [-0.1, -0.05) is 35.7 Å². The summed E-state index contributed by atoms with van der Waals surface area (Å²) < 4.78 is 17.3. The normalized spacial score (nSPS) is 11.3. The van der Waals surface area contributed by atoms with Gasteiger partial charge in [-0.2, -0.15) is 0 Å². The van der Waals surface area contributed by atoms with Crippen molar-refractivity contribution in [3.05, 3.63) is 59.6 Å². The molecule has 0 heterocycles. The van der Waals surface area contributed by atoms with Gasteiger partial charge >= 0.3 is 0 Å². The molecule has 0 saturated carbocycles. The fraction of sp³-hybridized carbons (Fsp3) is 0.125.